The van der Waals surface area contributed by atoms with E-state index in [0.717, 1.165) is 0 Å². The minimum atomic E-state index is -2.89. The summed E-state index contributed by atoms with van der Waals surface area (Å²) in [5.41, 5.74) is -0.705. The Morgan fingerprint density at radius 2 is 1.80 bits per heavy atom. The van der Waals surface area contributed by atoms with Gasteiger partial charge in [-0.25, -0.2) is 8.42 Å². The summed E-state index contributed by atoms with van der Waals surface area (Å²) < 4.78 is 22.5. The molecule has 0 aromatic rings. The van der Waals surface area contributed by atoms with Gasteiger partial charge in [-0.15, -0.1) is 0 Å². The van der Waals surface area contributed by atoms with Crippen LogP contribution in [0.25, 0.3) is 0 Å². The number of hydrogen-bond acceptors (Lipinski definition) is 3. The van der Waals surface area contributed by atoms with Gasteiger partial charge >= 0.3 is 0 Å². The van der Waals surface area contributed by atoms with E-state index in [1.54, 1.807) is 6.92 Å². The van der Waals surface area contributed by atoms with E-state index >= 15 is 0 Å². The van der Waals surface area contributed by atoms with Crippen LogP contribution in [-0.2, 0) is 9.84 Å². The van der Waals surface area contributed by atoms with Crippen LogP contribution < -0.4 is 0 Å². The molecular formula is C11H24O3S. The van der Waals surface area contributed by atoms with Crippen LogP contribution in [0.4, 0.5) is 0 Å². The molecule has 0 spiro atoms. The fourth-order valence-electron chi connectivity index (χ4n) is 1.62. The van der Waals surface area contributed by atoms with Crippen molar-refractivity contribution in [2.75, 3.05) is 11.5 Å². The second-order valence-corrected chi connectivity index (χ2v) is 6.92. The van der Waals surface area contributed by atoms with E-state index in [9.17, 15) is 13.5 Å². The zero-order chi connectivity index (χ0) is 12.1. The van der Waals surface area contributed by atoms with Crippen molar-refractivity contribution in [1.82, 2.24) is 0 Å². The second-order valence-electron chi connectivity index (χ2n) is 4.45. The summed E-state index contributed by atoms with van der Waals surface area (Å²) >= 11 is 0. The summed E-state index contributed by atoms with van der Waals surface area (Å²) in [7, 11) is -2.89. The minimum Gasteiger partial charge on any atom is -0.390 e. The molecule has 0 saturated heterocycles. The number of sulfone groups is 1. The molecule has 0 rings (SSSR count). The predicted molar refractivity (Wildman–Crippen MR) is 63.6 cm³/mol. The van der Waals surface area contributed by atoms with Crippen LogP contribution in [0, 0.1) is 5.92 Å². The average molecular weight is 236 g/mol. The highest BCUT2D eigenvalue weighted by molar-refractivity contribution is 7.91. The largest absolute Gasteiger partial charge is 0.390 e. The lowest BCUT2D eigenvalue weighted by Gasteiger charge is -2.31. The molecule has 0 amide bonds. The molecule has 0 heterocycles. The fraction of sp³-hybridized carbons (Fsp3) is 1.00. The lowest BCUT2D eigenvalue weighted by atomic mass is 9.84. The molecule has 3 nitrogen and oxygen atoms in total. The van der Waals surface area contributed by atoms with E-state index < -0.39 is 15.4 Å². The maximum atomic E-state index is 11.3. The molecule has 0 saturated carbocycles. The van der Waals surface area contributed by atoms with Gasteiger partial charge in [-0.05, 0) is 25.2 Å². The van der Waals surface area contributed by atoms with Gasteiger partial charge in [0.1, 0.15) is 9.84 Å². The van der Waals surface area contributed by atoms with Gasteiger partial charge in [0.15, 0.2) is 0 Å². The lowest BCUT2D eigenvalue weighted by Crippen LogP contribution is -2.34. The Morgan fingerprint density at radius 3 is 2.13 bits per heavy atom. The van der Waals surface area contributed by atoms with Crippen LogP contribution in [0.2, 0.25) is 0 Å². The van der Waals surface area contributed by atoms with Crippen LogP contribution in [0.1, 0.15) is 47.0 Å². The number of hydrogen-bond donors (Lipinski definition) is 1. The predicted octanol–water partition coefficient (Wildman–Crippen LogP) is 2.00. The summed E-state index contributed by atoms with van der Waals surface area (Å²) in [5, 5.41) is 10.2. The molecule has 0 aliphatic heterocycles. The van der Waals surface area contributed by atoms with E-state index in [4.69, 9.17) is 0 Å². The molecule has 0 radical (unpaired) electrons. The molecule has 15 heavy (non-hydrogen) atoms. The maximum Gasteiger partial charge on any atom is 0.150 e. The Bertz CT molecular complexity index is 270. The molecule has 0 fully saturated rings. The number of aliphatic hydroxyl groups is 1. The van der Waals surface area contributed by atoms with Crippen LogP contribution >= 0.6 is 0 Å². The molecule has 92 valence electrons. The molecule has 0 bridgehead atoms. The van der Waals surface area contributed by atoms with E-state index in [1.165, 1.54) is 0 Å². The van der Waals surface area contributed by atoms with E-state index in [1.807, 2.05) is 20.8 Å². The van der Waals surface area contributed by atoms with E-state index in [0.29, 0.717) is 19.3 Å². The van der Waals surface area contributed by atoms with Gasteiger partial charge in [-0.2, -0.15) is 0 Å². The fourth-order valence-corrected chi connectivity index (χ4v) is 2.49. The molecule has 1 unspecified atom stereocenters. The molecule has 0 aromatic heterocycles. The first kappa shape index (κ1) is 14.9. The third kappa shape index (κ3) is 4.98. The van der Waals surface area contributed by atoms with Gasteiger partial charge < -0.3 is 5.11 Å². The van der Waals surface area contributed by atoms with Gasteiger partial charge in [-0.1, -0.05) is 27.7 Å². The van der Waals surface area contributed by atoms with E-state index in [2.05, 4.69) is 0 Å². The Kier molecular flexibility index (Phi) is 5.81. The molecule has 0 aliphatic carbocycles. The summed E-state index contributed by atoms with van der Waals surface area (Å²) in [6.45, 7) is 7.54. The van der Waals surface area contributed by atoms with Gasteiger partial charge in [-0.3, -0.25) is 0 Å². The third-order valence-corrected chi connectivity index (χ3v) is 4.98. The maximum absolute atomic E-state index is 11.3. The van der Waals surface area contributed by atoms with Crippen LogP contribution in [-0.4, -0.2) is 30.6 Å². The normalized spacial score (nSPS) is 16.7. The van der Waals surface area contributed by atoms with Gasteiger partial charge in [0, 0.05) is 5.75 Å². The third-order valence-electron chi connectivity index (χ3n) is 3.19. The molecule has 1 atom stereocenters. The highest BCUT2D eigenvalue weighted by Gasteiger charge is 2.28. The minimum absolute atomic E-state index is 0.173. The van der Waals surface area contributed by atoms with Crippen LogP contribution in [0.3, 0.4) is 0 Å². The first-order chi connectivity index (χ1) is 6.77. The molecule has 1 N–H and O–H groups in total. The van der Waals surface area contributed by atoms with Crippen LogP contribution in [0.5, 0.6) is 0 Å². The first-order valence-corrected chi connectivity index (χ1v) is 7.52. The van der Waals surface area contributed by atoms with Gasteiger partial charge in [0.05, 0.1) is 11.4 Å². The Balaban J connectivity index is 4.15. The number of rotatable bonds is 7. The second kappa shape index (κ2) is 5.85. The van der Waals surface area contributed by atoms with Crippen LogP contribution in [0.15, 0.2) is 0 Å². The zero-order valence-electron chi connectivity index (χ0n) is 10.3. The highest BCUT2D eigenvalue weighted by Crippen LogP contribution is 2.26. The Morgan fingerprint density at radius 1 is 1.27 bits per heavy atom. The molecule has 0 aliphatic rings. The van der Waals surface area contributed by atoms with Crippen molar-refractivity contribution >= 4 is 9.84 Å². The summed E-state index contributed by atoms with van der Waals surface area (Å²) in [6.07, 6.45) is 1.80. The standard InChI is InChI=1S/C11H24O3S/c1-5-11(12,10(3)4)8-7-9-15(13,14)6-2/h10,12H,5-9H2,1-4H3. The van der Waals surface area contributed by atoms with Crippen molar-refractivity contribution in [2.24, 2.45) is 5.92 Å². The van der Waals surface area contributed by atoms with E-state index in [-0.39, 0.29) is 17.4 Å². The quantitative estimate of drug-likeness (QED) is 0.735. The van der Waals surface area contributed by atoms with Crippen molar-refractivity contribution in [2.45, 2.75) is 52.6 Å². The SMILES string of the molecule is CCC(O)(CCCS(=O)(=O)CC)C(C)C. The molecular weight excluding hydrogens is 212 g/mol. The first-order valence-electron chi connectivity index (χ1n) is 5.70. The van der Waals surface area contributed by atoms with Gasteiger partial charge in [0.2, 0.25) is 0 Å². The van der Waals surface area contributed by atoms with Crippen molar-refractivity contribution in [3.8, 4) is 0 Å². The lowest BCUT2D eigenvalue weighted by molar-refractivity contribution is -0.0169. The van der Waals surface area contributed by atoms with Crippen molar-refractivity contribution in [3.05, 3.63) is 0 Å². The Labute approximate surface area is 93.8 Å². The van der Waals surface area contributed by atoms with Gasteiger partial charge in [0.25, 0.3) is 0 Å². The average Bonchev–Trinajstić information content (AvgIpc) is 2.17. The monoisotopic (exact) mass is 236 g/mol. The Hall–Kier alpha value is -0.0900. The molecule has 0 aromatic carbocycles. The zero-order valence-corrected chi connectivity index (χ0v) is 11.1. The highest BCUT2D eigenvalue weighted by atomic mass is 32.2. The topological polar surface area (TPSA) is 54.4 Å². The van der Waals surface area contributed by atoms with Crippen molar-refractivity contribution in [3.63, 3.8) is 0 Å². The summed E-state index contributed by atoms with van der Waals surface area (Å²) in [5.74, 6) is 0.560. The molecule has 4 heteroatoms. The summed E-state index contributed by atoms with van der Waals surface area (Å²) in [6, 6.07) is 0. The van der Waals surface area contributed by atoms with Crippen molar-refractivity contribution in [1.29, 1.82) is 0 Å². The smallest absolute Gasteiger partial charge is 0.150 e. The summed E-state index contributed by atoms with van der Waals surface area (Å²) in [4.78, 5) is 0. The van der Waals surface area contributed by atoms with Crippen molar-refractivity contribution < 1.29 is 13.5 Å².